The summed E-state index contributed by atoms with van der Waals surface area (Å²) in [6.45, 7) is 8.11. The second-order valence-electron chi connectivity index (χ2n) is 11.5. The first-order valence-electron chi connectivity index (χ1n) is 14.1. The number of likely N-dealkylation sites (tertiary alicyclic amines) is 1. The number of allylic oxidation sites excluding steroid dienone is 1. The summed E-state index contributed by atoms with van der Waals surface area (Å²) in [5, 5.41) is 23.2. The number of fused-ring (bicyclic) bond motifs is 1. The van der Waals surface area contributed by atoms with Gasteiger partial charge in [0.1, 0.15) is 11.6 Å². The molecule has 2 N–H and O–H groups in total. The third-order valence-electron chi connectivity index (χ3n) is 7.40. The number of anilines is 1. The number of imidazole rings is 1. The Hall–Kier alpha value is -4.40. The Kier molecular flexibility index (Phi) is 8.44. The third kappa shape index (κ3) is 6.50. The van der Waals surface area contributed by atoms with Gasteiger partial charge in [0, 0.05) is 30.2 Å². The molecule has 1 aliphatic heterocycles. The average Bonchev–Trinajstić information content (AvgIpc) is 3.70. The molecule has 43 heavy (non-hydrogen) atoms. The van der Waals surface area contributed by atoms with E-state index < -0.39 is 11.5 Å². The van der Waals surface area contributed by atoms with Crippen LogP contribution < -0.4 is 5.32 Å². The fourth-order valence-electron chi connectivity index (χ4n) is 5.27. The van der Waals surface area contributed by atoms with Gasteiger partial charge in [-0.1, -0.05) is 26.0 Å². The predicted molar refractivity (Wildman–Crippen MR) is 164 cm³/mol. The monoisotopic (exact) mass is 600 g/mol. The quantitative estimate of drug-likeness (QED) is 0.148. The molecule has 11 heteroatoms. The molecule has 1 atom stereocenters. The van der Waals surface area contributed by atoms with Crippen molar-refractivity contribution in [3.05, 3.63) is 76.7 Å². The van der Waals surface area contributed by atoms with Crippen LogP contribution in [-0.2, 0) is 16.9 Å². The lowest BCUT2D eigenvalue weighted by atomic mass is 9.98. The maximum Gasteiger partial charge on any atom is 0.268 e. The Morgan fingerprint density at radius 3 is 2.74 bits per heavy atom. The lowest BCUT2D eigenvalue weighted by Crippen LogP contribution is -2.39. The number of carbonyl (C=O) groups excluding carboxylic acids is 2. The van der Waals surface area contributed by atoms with Gasteiger partial charge in [-0.2, -0.15) is 9.65 Å². The van der Waals surface area contributed by atoms with Crippen molar-refractivity contribution in [2.24, 2.45) is 5.92 Å². The summed E-state index contributed by atoms with van der Waals surface area (Å²) in [4.78, 5) is 38.0. The van der Waals surface area contributed by atoms with Gasteiger partial charge in [-0.3, -0.25) is 14.9 Å². The Labute approximate surface area is 253 Å². The van der Waals surface area contributed by atoms with Crippen molar-refractivity contribution in [3.63, 3.8) is 0 Å². The highest BCUT2D eigenvalue weighted by Crippen LogP contribution is 2.31. The zero-order valence-corrected chi connectivity index (χ0v) is 25.3. The van der Waals surface area contributed by atoms with Crippen molar-refractivity contribution >= 4 is 40.1 Å². The molecule has 0 unspecified atom stereocenters. The van der Waals surface area contributed by atoms with Gasteiger partial charge in [0.2, 0.25) is 11.9 Å². The largest absolute Gasteiger partial charge is 0.386 e. The van der Waals surface area contributed by atoms with Gasteiger partial charge in [0.05, 0.1) is 27.6 Å². The van der Waals surface area contributed by atoms with Crippen molar-refractivity contribution in [2.45, 2.75) is 58.7 Å². The first-order valence-corrected chi connectivity index (χ1v) is 15.0. The zero-order valence-electron chi connectivity index (χ0n) is 24.5. The number of pyridine rings is 1. The van der Waals surface area contributed by atoms with Gasteiger partial charge < -0.3 is 14.6 Å². The fourth-order valence-corrected chi connectivity index (χ4v) is 6.17. The molecular formula is C32H33FN6O3S. The molecular weight excluding hydrogens is 567 g/mol. The van der Waals surface area contributed by atoms with Gasteiger partial charge >= 0.3 is 0 Å². The molecule has 2 amide bonds. The molecule has 3 aromatic heterocycles. The van der Waals surface area contributed by atoms with E-state index in [2.05, 4.69) is 16.4 Å². The summed E-state index contributed by atoms with van der Waals surface area (Å²) in [6, 6.07) is 13.7. The second-order valence-corrected chi connectivity index (χ2v) is 12.6. The van der Waals surface area contributed by atoms with Crippen LogP contribution in [0.4, 0.5) is 10.3 Å². The number of thiophene rings is 1. The number of hydrogen-bond acceptors (Lipinski definition) is 7. The van der Waals surface area contributed by atoms with Crippen LogP contribution in [0.3, 0.4) is 0 Å². The van der Waals surface area contributed by atoms with Crippen LogP contribution in [-0.4, -0.2) is 48.9 Å². The van der Waals surface area contributed by atoms with Crippen LogP contribution in [0.5, 0.6) is 0 Å². The number of benzene rings is 1. The van der Waals surface area contributed by atoms with E-state index in [4.69, 9.17) is 4.98 Å². The Balaban J connectivity index is 1.48. The highest BCUT2D eigenvalue weighted by Gasteiger charge is 2.32. The SMILES string of the molecule is CC(C)C=C(C#N)C(=O)N1CCC[C@@H]1Cn1c(NC(=O)c2ccc(-c3ccnc(F)c3)s2)nc2cc(C(C)(C)O)ccc21. The number of nitriles is 1. The third-order valence-corrected chi connectivity index (χ3v) is 8.54. The van der Waals surface area contributed by atoms with Gasteiger partial charge in [0.25, 0.3) is 11.8 Å². The van der Waals surface area contributed by atoms with Crippen LogP contribution in [0.1, 0.15) is 55.8 Å². The molecule has 1 aliphatic rings. The number of halogens is 1. The molecule has 0 aliphatic carbocycles. The highest BCUT2D eigenvalue weighted by molar-refractivity contribution is 7.17. The lowest BCUT2D eigenvalue weighted by molar-refractivity contribution is -0.127. The van der Waals surface area contributed by atoms with Gasteiger partial charge in [-0.25, -0.2) is 9.97 Å². The molecule has 222 valence electrons. The van der Waals surface area contributed by atoms with Crippen LogP contribution in [0.15, 0.2) is 60.3 Å². The molecule has 1 fully saturated rings. The molecule has 0 spiro atoms. The number of nitrogens with one attached hydrogen (secondary N) is 1. The van der Waals surface area contributed by atoms with Crippen molar-refractivity contribution in [1.82, 2.24) is 19.4 Å². The van der Waals surface area contributed by atoms with Gasteiger partial charge in [0.15, 0.2) is 0 Å². The maximum absolute atomic E-state index is 13.7. The summed E-state index contributed by atoms with van der Waals surface area (Å²) in [5.74, 6) is -0.917. The fraction of sp³-hybridized carbons (Fsp3) is 0.344. The molecule has 0 saturated carbocycles. The predicted octanol–water partition coefficient (Wildman–Crippen LogP) is 5.88. The van der Waals surface area contributed by atoms with E-state index in [1.807, 2.05) is 30.5 Å². The van der Waals surface area contributed by atoms with E-state index in [0.717, 1.165) is 23.2 Å². The van der Waals surface area contributed by atoms with Crippen molar-refractivity contribution in [1.29, 1.82) is 5.26 Å². The molecule has 0 radical (unpaired) electrons. The average molecular weight is 601 g/mol. The molecule has 9 nitrogen and oxygen atoms in total. The van der Waals surface area contributed by atoms with Crippen molar-refractivity contribution < 1.29 is 19.1 Å². The number of hydrogen-bond donors (Lipinski definition) is 2. The van der Waals surface area contributed by atoms with Crippen LogP contribution in [0.2, 0.25) is 0 Å². The van der Waals surface area contributed by atoms with Gasteiger partial charge in [-0.15, -0.1) is 11.3 Å². The summed E-state index contributed by atoms with van der Waals surface area (Å²) in [5.41, 5.74) is 1.65. The smallest absolute Gasteiger partial charge is 0.268 e. The molecule has 1 saturated heterocycles. The highest BCUT2D eigenvalue weighted by atomic mass is 32.1. The van der Waals surface area contributed by atoms with Crippen molar-refractivity contribution in [3.8, 4) is 16.5 Å². The molecule has 5 rings (SSSR count). The number of amides is 2. The number of nitrogens with zero attached hydrogens (tertiary/aromatic N) is 5. The Bertz CT molecular complexity index is 1760. The zero-order chi connectivity index (χ0) is 30.9. The van der Waals surface area contributed by atoms with Crippen LogP contribution in [0, 0.1) is 23.2 Å². The normalized spacial score (nSPS) is 15.7. The van der Waals surface area contributed by atoms with E-state index in [1.165, 1.54) is 23.6 Å². The minimum atomic E-state index is -1.09. The van der Waals surface area contributed by atoms with E-state index in [9.17, 15) is 24.3 Å². The standard InChI is InChI=1S/C32H33FN6O3S/c1-19(2)14-21(17-34)30(41)38-13-5-6-23(38)18-39-25-8-7-22(32(3,4)42)16-24(25)36-31(39)37-29(40)27-10-9-26(43-27)20-11-12-35-28(33)15-20/h7-12,14-16,19,23,42H,5-6,13,18H2,1-4H3,(H,36,37,40)/t23-/m1/s1. The number of aliphatic hydroxyl groups is 1. The maximum atomic E-state index is 13.7. The first kappa shape index (κ1) is 30.1. The van der Waals surface area contributed by atoms with E-state index in [-0.39, 0.29) is 29.3 Å². The minimum absolute atomic E-state index is 0.0550. The number of aromatic nitrogens is 3. The van der Waals surface area contributed by atoms with Crippen LogP contribution in [0.25, 0.3) is 21.5 Å². The Morgan fingerprint density at radius 1 is 1.26 bits per heavy atom. The topological polar surface area (TPSA) is 124 Å². The molecule has 1 aromatic carbocycles. The number of carbonyl (C=O) groups is 2. The molecule has 4 heterocycles. The van der Waals surface area contributed by atoms with Crippen LogP contribution >= 0.6 is 11.3 Å². The summed E-state index contributed by atoms with van der Waals surface area (Å²) < 4.78 is 15.5. The summed E-state index contributed by atoms with van der Waals surface area (Å²) in [6.07, 6.45) is 4.59. The van der Waals surface area contributed by atoms with E-state index in [0.29, 0.717) is 40.6 Å². The first-order chi connectivity index (χ1) is 20.4. The summed E-state index contributed by atoms with van der Waals surface area (Å²) >= 11 is 1.22. The molecule has 4 aromatic rings. The number of rotatable bonds is 8. The van der Waals surface area contributed by atoms with Gasteiger partial charge in [-0.05, 0) is 74.1 Å². The minimum Gasteiger partial charge on any atom is -0.386 e. The van der Waals surface area contributed by atoms with Crippen molar-refractivity contribution in [2.75, 3.05) is 11.9 Å². The molecule has 0 bridgehead atoms. The summed E-state index contributed by atoms with van der Waals surface area (Å²) in [7, 11) is 0. The lowest BCUT2D eigenvalue weighted by Gasteiger charge is -2.26. The second kappa shape index (κ2) is 12.1. The Morgan fingerprint density at radius 2 is 2.05 bits per heavy atom. The van der Waals surface area contributed by atoms with E-state index in [1.54, 1.807) is 49.1 Å². The van der Waals surface area contributed by atoms with E-state index >= 15 is 0 Å².